The van der Waals surface area contributed by atoms with Crippen molar-refractivity contribution in [3.05, 3.63) is 0 Å². The van der Waals surface area contributed by atoms with Crippen molar-refractivity contribution in [2.45, 2.75) is 44.1 Å². The minimum absolute atomic E-state index is 0.119. The zero-order chi connectivity index (χ0) is 9.60. The molecule has 3 rings (SSSR count). The van der Waals surface area contributed by atoms with E-state index in [9.17, 15) is 0 Å². The molecule has 3 aliphatic rings. The lowest BCUT2D eigenvalue weighted by Gasteiger charge is -2.28. The van der Waals surface area contributed by atoms with E-state index in [2.05, 4.69) is 6.07 Å². The van der Waals surface area contributed by atoms with Crippen LogP contribution in [-0.4, -0.2) is 12.2 Å². The Kier molecular flexibility index (Phi) is 1.85. The smallest absolute Gasteiger partial charge is 0.0695 e. The molecule has 4 atom stereocenters. The summed E-state index contributed by atoms with van der Waals surface area (Å²) >= 11 is 0. The average molecular weight is 191 g/mol. The van der Waals surface area contributed by atoms with Crippen molar-refractivity contribution < 1.29 is 4.74 Å². The van der Waals surface area contributed by atoms with E-state index in [0.29, 0.717) is 0 Å². The zero-order valence-electron chi connectivity index (χ0n) is 8.54. The monoisotopic (exact) mass is 191 g/mol. The van der Waals surface area contributed by atoms with E-state index in [1.54, 1.807) is 0 Å². The van der Waals surface area contributed by atoms with Crippen LogP contribution in [0, 0.1) is 29.1 Å². The van der Waals surface area contributed by atoms with Gasteiger partial charge in [0.1, 0.15) is 0 Å². The third kappa shape index (κ3) is 1.35. The van der Waals surface area contributed by atoms with Gasteiger partial charge in [-0.05, 0) is 50.4 Å². The first-order valence-electron chi connectivity index (χ1n) is 5.85. The Hall–Kier alpha value is -0.550. The normalized spacial score (nSPS) is 50.9. The van der Waals surface area contributed by atoms with E-state index in [4.69, 9.17) is 10.00 Å². The van der Waals surface area contributed by atoms with Crippen LogP contribution >= 0.6 is 0 Å². The van der Waals surface area contributed by atoms with Gasteiger partial charge in [-0.3, -0.25) is 0 Å². The van der Waals surface area contributed by atoms with Crippen LogP contribution < -0.4 is 0 Å². The van der Waals surface area contributed by atoms with Gasteiger partial charge < -0.3 is 4.74 Å². The minimum atomic E-state index is 0.119. The van der Waals surface area contributed by atoms with Crippen LogP contribution in [0.25, 0.3) is 0 Å². The molecule has 2 nitrogen and oxygen atoms in total. The lowest BCUT2D eigenvalue weighted by molar-refractivity contribution is -0.0458. The standard InChI is InChI=1S/C12H17NO/c13-7-9-1-3-12(6-9)4-2-10-5-11(10)8-14-12/h9-11H,1-6,8H2/t9-,10-,11-,12+/m1/s1. The number of hydrogen-bond acceptors (Lipinski definition) is 2. The van der Waals surface area contributed by atoms with Gasteiger partial charge in [0.15, 0.2) is 0 Å². The molecule has 1 heterocycles. The second-order valence-corrected chi connectivity index (χ2v) is 5.36. The summed E-state index contributed by atoms with van der Waals surface area (Å²) in [6.45, 7) is 0.975. The number of hydrogen-bond donors (Lipinski definition) is 0. The zero-order valence-corrected chi connectivity index (χ0v) is 8.54. The quantitative estimate of drug-likeness (QED) is 0.589. The molecule has 1 aliphatic heterocycles. The highest BCUT2D eigenvalue weighted by atomic mass is 16.5. The molecule has 0 amide bonds. The van der Waals surface area contributed by atoms with Gasteiger partial charge in [-0.25, -0.2) is 0 Å². The number of rotatable bonds is 0. The fourth-order valence-electron chi connectivity index (χ4n) is 3.23. The first-order chi connectivity index (χ1) is 6.81. The molecule has 0 aromatic heterocycles. The molecule has 0 aromatic rings. The van der Waals surface area contributed by atoms with Crippen LogP contribution in [0.15, 0.2) is 0 Å². The topological polar surface area (TPSA) is 33.0 Å². The maximum Gasteiger partial charge on any atom is 0.0695 e. The van der Waals surface area contributed by atoms with Gasteiger partial charge in [0.05, 0.1) is 18.3 Å². The number of ether oxygens (including phenoxy) is 1. The Morgan fingerprint density at radius 2 is 2.07 bits per heavy atom. The highest BCUT2D eigenvalue weighted by molar-refractivity contribution is 5.02. The molecule has 1 spiro atoms. The van der Waals surface area contributed by atoms with E-state index in [1.165, 1.54) is 19.3 Å². The Morgan fingerprint density at radius 3 is 2.86 bits per heavy atom. The molecule has 0 N–H and O–H groups in total. The van der Waals surface area contributed by atoms with E-state index < -0.39 is 0 Å². The van der Waals surface area contributed by atoms with Gasteiger partial charge in [-0.2, -0.15) is 5.26 Å². The summed E-state index contributed by atoms with van der Waals surface area (Å²) in [5, 5.41) is 8.91. The maximum atomic E-state index is 8.91. The van der Waals surface area contributed by atoms with Gasteiger partial charge in [0.2, 0.25) is 0 Å². The molecular weight excluding hydrogens is 174 g/mol. The van der Waals surface area contributed by atoms with Crippen molar-refractivity contribution in [2.75, 3.05) is 6.61 Å². The van der Waals surface area contributed by atoms with Crippen molar-refractivity contribution >= 4 is 0 Å². The Balaban J connectivity index is 1.69. The maximum absolute atomic E-state index is 8.91. The van der Waals surface area contributed by atoms with Crippen molar-refractivity contribution in [3.8, 4) is 6.07 Å². The Labute approximate surface area is 85.2 Å². The molecule has 14 heavy (non-hydrogen) atoms. The van der Waals surface area contributed by atoms with Gasteiger partial charge in [0.25, 0.3) is 0 Å². The number of nitriles is 1. The second kappa shape index (κ2) is 2.97. The summed E-state index contributed by atoms with van der Waals surface area (Å²) in [6, 6.07) is 2.40. The molecule has 0 aromatic carbocycles. The average Bonchev–Trinajstić information content (AvgIpc) is 2.86. The van der Waals surface area contributed by atoms with Crippen LogP contribution in [0.3, 0.4) is 0 Å². The van der Waals surface area contributed by atoms with E-state index in [1.807, 2.05) is 0 Å². The lowest BCUT2D eigenvalue weighted by atomic mass is 9.93. The van der Waals surface area contributed by atoms with Crippen LogP contribution in [0.5, 0.6) is 0 Å². The Morgan fingerprint density at radius 1 is 1.21 bits per heavy atom. The Bertz CT molecular complexity index is 269. The van der Waals surface area contributed by atoms with Gasteiger partial charge >= 0.3 is 0 Å². The molecule has 0 bridgehead atoms. The number of nitrogens with zero attached hydrogens (tertiary/aromatic N) is 1. The SMILES string of the molecule is N#C[C@@H]1CC[C@]2(CC[C@@H]3C[C@@H]3CO2)C1. The highest BCUT2D eigenvalue weighted by Gasteiger charge is 2.48. The first-order valence-corrected chi connectivity index (χ1v) is 5.85. The number of fused-ring (bicyclic) bond motifs is 1. The predicted molar refractivity (Wildman–Crippen MR) is 52.5 cm³/mol. The third-order valence-corrected chi connectivity index (χ3v) is 4.39. The van der Waals surface area contributed by atoms with Gasteiger partial charge in [-0.15, -0.1) is 0 Å². The lowest BCUT2D eigenvalue weighted by Crippen LogP contribution is -2.29. The van der Waals surface area contributed by atoms with Crippen molar-refractivity contribution in [1.82, 2.24) is 0 Å². The molecule has 2 heteroatoms. The molecule has 0 radical (unpaired) electrons. The molecule has 76 valence electrons. The molecule has 2 aliphatic carbocycles. The third-order valence-electron chi connectivity index (χ3n) is 4.39. The van der Waals surface area contributed by atoms with E-state index in [0.717, 1.165) is 37.7 Å². The summed E-state index contributed by atoms with van der Waals surface area (Å²) in [7, 11) is 0. The summed E-state index contributed by atoms with van der Waals surface area (Å²) in [6.07, 6.45) is 7.16. The second-order valence-electron chi connectivity index (χ2n) is 5.36. The van der Waals surface area contributed by atoms with Crippen molar-refractivity contribution in [1.29, 1.82) is 5.26 Å². The van der Waals surface area contributed by atoms with Crippen molar-refractivity contribution in [2.24, 2.45) is 17.8 Å². The van der Waals surface area contributed by atoms with Gasteiger partial charge in [-0.1, -0.05) is 0 Å². The summed E-state index contributed by atoms with van der Waals surface area (Å²) < 4.78 is 6.09. The predicted octanol–water partition coefficient (Wildman–Crippen LogP) is 2.50. The van der Waals surface area contributed by atoms with Crippen LogP contribution in [0.1, 0.15) is 38.5 Å². The molecule has 0 unspecified atom stereocenters. The van der Waals surface area contributed by atoms with Gasteiger partial charge in [0, 0.05) is 5.92 Å². The van der Waals surface area contributed by atoms with Crippen molar-refractivity contribution in [3.63, 3.8) is 0 Å². The summed E-state index contributed by atoms with van der Waals surface area (Å²) in [5.74, 6) is 2.11. The largest absolute Gasteiger partial charge is 0.375 e. The highest BCUT2D eigenvalue weighted by Crippen LogP contribution is 2.51. The van der Waals surface area contributed by atoms with Crippen LogP contribution in [0.4, 0.5) is 0 Å². The van der Waals surface area contributed by atoms with Crippen LogP contribution in [-0.2, 0) is 4.74 Å². The molecule has 3 fully saturated rings. The fourth-order valence-corrected chi connectivity index (χ4v) is 3.23. The molecular formula is C12H17NO. The van der Waals surface area contributed by atoms with Crippen LogP contribution in [0.2, 0.25) is 0 Å². The molecule has 1 saturated heterocycles. The summed E-state index contributed by atoms with van der Waals surface area (Å²) in [5.41, 5.74) is 0.119. The first kappa shape index (κ1) is 8.73. The summed E-state index contributed by atoms with van der Waals surface area (Å²) in [4.78, 5) is 0. The fraction of sp³-hybridized carbons (Fsp3) is 0.917. The van der Waals surface area contributed by atoms with E-state index in [-0.39, 0.29) is 11.5 Å². The van der Waals surface area contributed by atoms with E-state index >= 15 is 0 Å². The molecule has 2 saturated carbocycles. The minimum Gasteiger partial charge on any atom is -0.375 e.